The van der Waals surface area contributed by atoms with Crippen molar-refractivity contribution in [3.63, 3.8) is 0 Å². The van der Waals surface area contributed by atoms with Crippen LogP contribution in [0.3, 0.4) is 0 Å². The summed E-state index contributed by atoms with van der Waals surface area (Å²) in [7, 11) is 0. The van der Waals surface area contributed by atoms with Gasteiger partial charge in [-0.15, -0.1) is 11.3 Å². The molecule has 1 fully saturated rings. The lowest BCUT2D eigenvalue weighted by atomic mass is 9.95. The van der Waals surface area contributed by atoms with Crippen LogP contribution < -0.4 is 10.2 Å². The first-order chi connectivity index (χ1) is 17.2. The van der Waals surface area contributed by atoms with Crippen LogP contribution in [0.4, 0.5) is 11.5 Å². The number of rotatable bonds is 5. The van der Waals surface area contributed by atoms with Crippen LogP contribution in [0.15, 0.2) is 84.8 Å². The number of carbonyl (C=O) groups is 1. The highest BCUT2D eigenvalue weighted by Crippen LogP contribution is 2.27. The number of imidazole rings is 1. The Morgan fingerprint density at radius 1 is 0.943 bits per heavy atom. The van der Waals surface area contributed by atoms with E-state index in [0.717, 1.165) is 64.9 Å². The molecule has 4 heterocycles. The Labute approximate surface area is 207 Å². The van der Waals surface area contributed by atoms with Crippen LogP contribution in [0, 0.1) is 5.92 Å². The monoisotopic (exact) mass is 480 g/mol. The van der Waals surface area contributed by atoms with Crippen molar-refractivity contribution in [1.29, 1.82) is 0 Å². The zero-order chi connectivity index (χ0) is 23.6. The average Bonchev–Trinajstić information content (AvgIpc) is 3.53. The number of anilines is 2. The lowest BCUT2D eigenvalue weighted by molar-refractivity contribution is -0.120. The van der Waals surface area contributed by atoms with Crippen molar-refractivity contribution < 1.29 is 4.79 Å². The van der Waals surface area contributed by atoms with Gasteiger partial charge in [-0.2, -0.15) is 0 Å². The summed E-state index contributed by atoms with van der Waals surface area (Å²) >= 11 is 1.61. The van der Waals surface area contributed by atoms with Crippen molar-refractivity contribution in [2.75, 3.05) is 23.3 Å². The van der Waals surface area contributed by atoms with Gasteiger partial charge >= 0.3 is 0 Å². The van der Waals surface area contributed by atoms with E-state index in [9.17, 15) is 4.79 Å². The molecule has 0 unspecified atom stereocenters. The summed E-state index contributed by atoms with van der Waals surface area (Å²) in [4.78, 5) is 29.7. The van der Waals surface area contributed by atoms with Crippen molar-refractivity contribution in [3.8, 4) is 22.5 Å². The molecule has 174 valence electrons. The van der Waals surface area contributed by atoms with Crippen molar-refractivity contribution in [1.82, 2.24) is 19.4 Å². The zero-order valence-electron chi connectivity index (χ0n) is 19.0. The second-order valence-corrected chi connectivity index (χ2v) is 9.55. The molecule has 0 saturated carbocycles. The molecule has 5 aromatic rings. The molecule has 8 heteroatoms. The number of amides is 1. The topological polar surface area (TPSA) is 75.4 Å². The smallest absolute Gasteiger partial charge is 0.227 e. The van der Waals surface area contributed by atoms with Crippen molar-refractivity contribution >= 4 is 33.7 Å². The van der Waals surface area contributed by atoms with Gasteiger partial charge < -0.3 is 10.2 Å². The maximum atomic E-state index is 12.9. The number of aromatic nitrogens is 4. The van der Waals surface area contributed by atoms with Gasteiger partial charge in [-0.25, -0.2) is 15.0 Å². The van der Waals surface area contributed by atoms with Crippen LogP contribution in [-0.4, -0.2) is 38.3 Å². The molecule has 6 rings (SSSR count). The number of thiazole rings is 1. The Morgan fingerprint density at radius 2 is 1.71 bits per heavy atom. The second kappa shape index (κ2) is 9.31. The summed E-state index contributed by atoms with van der Waals surface area (Å²) in [6.45, 7) is 1.58. The Balaban J connectivity index is 1.06. The number of benzene rings is 2. The minimum absolute atomic E-state index is 0.0127. The maximum Gasteiger partial charge on any atom is 0.227 e. The van der Waals surface area contributed by atoms with Crippen LogP contribution in [0.1, 0.15) is 12.8 Å². The SMILES string of the molecule is O=C(Nc1ccc(-c2cn3ccsc3n2)cc1)C1CCN(c2cc(-c3ccccc3)ncn2)CC1. The molecular formula is C27H24N6OS. The summed E-state index contributed by atoms with van der Waals surface area (Å²) in [5, 5.41) is 5.11. The predicted molar refractivity (Wildman–Crippen MR) is 140 cm³/mol. The Hall–Kier alpha value is -4.04. The van der Waals surface area contributed by atoms with Gasteiger partial charge in [0.05, 0.1) is 11.4 Å². The van der Waals surface area contributed by atoms with Gasteiger partial charge in [0, 0.05) is 59.7 Å². The Kier molecular flexibility index (Phi) is 5.71. The van der Waals surface area contributed by atoms with E-state index in [1.54, 1.807) is 17.7 Å². The van der Waals surface area contributed by atoms with Gasteiger partial charge in [-0.3, -0.25) is 9.20 Å². The molecule has 2 aromatic carbocycles. The lowest BCUT2D eigenvalue weighted by Gasteiger charge is -2.32. The molecular weight excluding hydrogens is 456 g/mol. The van der Waals surface area contributed by atoms with Crippen LogP contribution in [0.2, 0.25) is 0 Å². The van der Waals surface area contributed by atoms with E-state index < -0.39 is 0 Å². The number of nitrogens with one attached hydrogen (secondary N) is 1. The normalized spacial score (nSPS) is 14.3. The van der Waals surface area contributed by atoms with E-state index in [0.29, 0.717) is 0 Å². The van der Waals surface area contributed by atoms with E-state index in [-0.39, 0.29) is 11.8 Å². The third-order valence-corrected chi connectivity index (χ3v) is 7.22. The number of carbonyl (C=O) groups excluding carboxylic acids is 1. The van der Waals surface area contributed by atoms with E-state index >= 15 is 0 Å². The number of hydrogen-bond donors (Lipinski definition) is 1. The summed E-state index contributed by atoms with van der Waals surface area (Å²) in [5.41, 5.74) is 4.76. The zero-order valence-corrected chi connectivity index (χ0v) is 19.9. The van der Waals surface area contributed by atoms with Gasteiger partial charge in [0.2, 0.25) is 5.91 Å². The van der Waals surface area contributed by atoms with Crippen LogP contribution in [0.5, 0.6) is 0 Å². The van der Waals surface area contributed by atoms with E-state index in [1.807, 2.05) is 82.8 Å². The molecule has 35 heavy (non-hydrogen) atoms. The van der Waals surface area contributed by atoms with Crippen molar-refractivity contribution in [3.05, 3.63) is 84.8 Å². The highest BCUT2D eigenvalue weighted by Gasteiger charge is 2.26. The molecule has 1 N–H and O–H groups in total. The largest absolute Gasteiger partial charge is 0.356 e. The fourth-order valence-corrected chi connectivity index (χ4v) is 5.19. The van der Waals surface area contributed by atoms with Gasteiger partial charge in [-0.05, 0) is 25.0 Å². The maximum absolute atomic E-state index is 12.9. The molecule has 7 nitrogen and oxygen atoms in total. The number of piperidine rings is 1. The molecule has 1 saturated heterocycles. The van der Waals surface area contributed by atoms with Gasteiger partial charge in [0.15, 0.2) is 4.96 Å². The molecule has 0 spiro atoms. The summed E-state index contributed by atoms with van der Waals surface area (Å²) < 4.78 is 2.02. The second-order valence-electron chi connectivity index (χ2n) is 8.67. The fourth-order valence-electron chi connectivity index (χ4n) is 4.49. The Bertz CT molecular complexity index is 1420. The third kappa shape index (κ3) is 4.52. The molecule has 0 radical (unpaired) electrons. The predicted octanol–water partition coefficient (Wildman–Crippen LogP) is 5.37. The van der Waals surface area contributed by atoms with Gasteiger partial charge in [0.1, 0.15) is 12.1 Å². The van der Waals surface area contributed by atoms with Crippen molar-refractivity contribution in [2.24, 2.45) is 5.92 Å². The number of hydrogen-bond acceptors (Lipinski definition) is 6. The first-order valence-electron chi connectivity index (χ1n) is 11.7. The minimum Gasteiger partial charge on any atom is -0.356 e. The van der Waals surface area contributed by atoms with E-state index in [1.165, 1.54) is 0 Å². The third-order valence-electron chi connectivity index (χ3n) is 6.45. The summed E-state index contributed by atoms with van der Waals surface area (Å²) in [6.07, 6.45) is 7.23. The molecule has 1 amide bonds. The first-order valence-corrected chi connectivity index (χ1v) is 12.6. The molecule has 1 aliphatic heterocycles. The lowest BCUT2D eigenvalue weighted by Crippen LogP contribution is -2.38. The van der Waals surface area contributed by atoms with Gasteiger partial charge in [-0.1, -0.05) is 42.5 Å². The first kappa shape index (κ1) is 21.5. The number of fused-ring (bicyclic) bond motifs is 1. The molecule has 0 atom stereocenters. The molecule has 1 aliphatic rings. The van der Waals surface area contributed by atoms with Crippen LogP contribution in [0.25, 0.3) is 27.5 Å². The van der Waals surface area contributed by atoms with Gasteiger partial charge in [0.25, 0.3) is 0 Å². The standard InChI is InChI=1S/C27H24N6OS/c34-26(30-22-8-6-20(7-9-22)24-17-33-14-15-35-27(33)31-24)21-10-12-32(13-11-21)25-16-23(28-18-29-25)19-4-2-1-3-5-19/h1-9,14-18,21H,10-13H2,(H,30,34). The summed E-state index contributed by atoms with van der Waals surface area (Å²) in [5.74, 6) is 0.973. The fraction of sp³-hybridized carbons (Fsp3) is 0.185. The Morgan fingerprint density at radius 3 is 2.49 bits per heavy atom. The highest BCUT2D eigenvalue weighted by atomic mass is 32.1. The molecule has 0 bridgehead atoms. The number of nitrogens with zero attached hydrogens (tertiary/aromatic N) is 5. The van der Waals surface area contributed by atoms with E-state index in [4.69, 9.17) is 0 Å². The minimum atomic E-state index is -0.0127. The molecule has 3 aromatic heterocycles. The quantitative estimate of drug-likeness (QED) is 0.366. The molecule has 0 aliphatic carbocycles. The van der Waals surface area contributed by atoms with Crippen LogP contribution in [-0.2, 0) is 4.79 Å². The van der Waals surface area contributed by atoms with Crippen LogP contribution >= 0.6 is 11.3 Å². The highest BCUT2D eigenvalue weighted by molar-refractivity contribution is 7.15. The van der Waals surface area contributed by atoms with Crippen molar-refractivity contribution in [2.45, 2.75) is 12.8 Å². The summed E-state index contributed by atoms with van der Waals surface area (Å²) in [6, 6.07) is 20.0. The average molecular weight is 481 g/mol. The van der Waals surface area contributed by atoms with E-state index in [2.05, 4.69) is 25.2 Å².